The third kappa shape index (κ3) is 3.25. The Morgan fingerprint density at radius 2 is 1.89 bits per heavy atom. The molecule has 2 rings (SSSR count). The average Bonchev–Trinajstić information content (AvgIpc) is 2.44. The molecule has 0 aliphatic carbocycles. The van der Waals surface area contributed by atoms with Crippen LogP contribution < -0.4 is 4.74 Å². The predicted octanol–water partition coefficient (Wildman–Crippen LogP) is 4.54. The number of unbranched alkanes of at least 4 members (excludes halogenated alkanes) is 1. The summed E-state index contributed by atoms with van der Waals surface area (Å²) in [6, 6.07) is 8.40. The molecular formula is C17H23NO. The van der Waals surface area contributed by atoms with Crippen LogP contribution in [0.15, 0.2) is 24.3 Å². The van der Waals surface area contributed by atoms with Gasteiger partial charge in [0.2, 0.25) is 0 Å². The Labute approximate surface area is 115 Å². The highest BCUT2D eigenvalue weighted by Gasteiger charge is 2.07. The number of benzene rings is 1. The van der Waals surface area contributed by atoms with Gasteiger partial charge in [0.05, 0.1) is 12.6 Å². The Hall–Kier alpha value is -1.57. The maximum absolute atomic E-state index is 5.29. The molecule has 1 heterocycles. The van der Waals surface area contributed by atoms with Crippen molar-refractivity contribution in [1.82, 2.24) is 4.98 Å². The lowest BCUT2D eigenvalue weighted by molar-refractivity contribution is 0.415. The van der Waals surface area contributed by atoms with Gasteiger partial charge < -0.3 is 4.74 Å². The maximum Gasteiger partial charge on any atom is 0.119 e. The summed E-state index contributed by atoms with van der Waals surface area (Å²) < 4.78 is 5.29. The van der Waals surface area contributed by atoms with E-state index < -0.39 is 0 Å². The first-order valence-corrected chi connectivity index (χ1v) is 7.25. The second-order valence-electron chi connectivity index (χ2n) is 5.01. The zero-order valence-electron chi connectivity index (χ0n) is 12.2. The zero-order valence-corrected chi connectivity index (χ0v) is 12.2. The first-order chi connectivity index (χ1) is 9.28. The lowest BCUT2D eigenvalue weighted by atomic mass is 10.0. The van der Waals surface area contributed by atoms with Crippen molar-refractivity contribution in [2.75, 3.05) is 7.11 Å². The molecule has 0 saturated carbocycles. The quantitative estimate of drug-likeness (QED) is 0.758. The minimum atomic E-state index is 0.901. The molecule has 0 bridgehead atoms. The molecule has 1 aromatic carbocycles. The van der Waals surface area contributed by atoms with E-state index in [9.17, 15) is 0 Å². The molecule has 2 heteroatoms. The van der Waals surface area contributed by atoms with E-state index in [0.29, 0.717) is 0 Å². The second kappa shape index (κ2) is 6.55. The second-order valence-corrected chi connectivity index (χ2v) is 5.01. The van der Waals surface area contributed by atoms with Gasteiger partial charge in [-0.1, -0.05) is 26.7 Å². The summed E-state index contributed by atoms with van der Waals surface area (Å²) in [4.78, 5) is 4.85. The first kappa shape index (κ1) is 13.9. The average molecular weight is 257 g/mol. The minimum absolute atomic E-state index is 0.901. The summed E-state index contributed by atoms with van der Waals surface area (Å²) in [5, 5.41) is 1.18. The van der Waals surface area contributed by atoms with Crippen LogP contribution in [0.2, 0.25) is 0 Å². The molecule has 0 spiro atoms. The molecule has 0 fully saturated rings. The van der Waals surface area contributed by atoms with Crippen LogP contribution in [0.25, 0.3) is 10.9 Å². The van der Waals surface area contributed by atoms with Gasteiger partial charge in [0.15, 0.2) is 0 Å². The number of nitrogens with zero attached hydrogens (tertiary/aromatic N) is 1. The van der Waals surface area contributed by atoms with Crippen molar-refractivity contribution in [3.05, 3.63) is 35.5 Å². The van der Waals surface area contributed by atoms with E-state index >= 15 is 0 Å². The number of aromatic nitrogens is 1. The molecule has 0 saturated heterocycles. The van der Waals surface area contributed by atoms with Gasteiger partial charge in [-0.25, -0.2) is 0 Å². The molecule has 0 N–H and O–H groups in total. The van der Waals surface area contributed by atoms with Crippen LogP contribution in [0, 0.1) is 0 Å². The van der Waals surface area contributed by atoms with E-state index in [2.05, 4.69) is 32.0 Å². The lowest BCUT2D eigenvalue weighted by Gasteiger charge is -2.10. The largest absolute Gasteiger partial charge is 0.497 e. The highest BCUT2D eigenvalue weighted by atomic mass is 16.5. The normalized spacial score (nSPS) is 10.9. The van der Waals surface area contributed by atoms with Crippen molar-refractivity contribution >= 4 is 10.9 Å². The highest BCUT2D eigenvalue weighted by molar-refractivity contribution is 5.81. The Bertz CT molecular complexity index is 548. The van der Waals surface area contributed by atoms with E-state index in [1.165, 1.54) is 29.5 Å². The van der Waals surface area contributed by atoms with Gasteiger partial charge in [0.1, 0.15) is 5.75 Å². The Kier molecular flexibility index (Phi) is 4.78. The Morgan fingerprint density at radius 1 is 1.05 bits per heavy atom. The van der Waals surface area contributed by atoms with E-state index in [-0.39, 0.29) is 0 Å². The number of pyridine rings is 1. The SMILES string of the molecule is CCCCc1nc2ccc(OC)cc2cc1CCC. The minimum Gasteiger partial charge on any atom is -0.497 e. The van der Waals surface area contributed by atoms with E-state index in [1.807, 2.05) is 6.07 Å². The highest BCUT2D eigenvalue weighted by Crippen LogP contribution is 2.23. The molecule has 0 unspecified atom stereocenters. The summed E-state index contributed by atoms with van der Waals surface area (Å²) in [7, 11) is 1.71. The van der Waals surface area contributed by atoms with Crippen molar-refractivity contribution in [1.29, 1.82) is 0 Å². The molecule has 2 nitrogen and oxygen atoms in total. The van der Waals surface area contributed by atoms with Crippen molar-refractivity contribution < 1.29 is 4.74 Å². The van der Waals surface area contributed by atoms with Gasteiger partial charge in [-0.05, 0) is 49.1 Å². The fraction of sp³-hybridized carbons (Fsp3) is 0.471. The van der Waals surface area contributed by atoms with Crippen molar-refractivity contribution in [3.8, 4) is 5.75 Å². The van der Waals surface area contributed by atoms with Crippen molar-refractivity contribution in [3.63, 3.8) is 0 Å². The molecular weight excluding hydrogens is 234 g/mol. The van der Waals surface area contributed by atoms with Crippen molar-refractivity contribution in [2.45, 2.75) is 46.0 Å². The molecule has 0 aliphatic rings. The first-order valence-electron chi connectivity index (χ1n) is 7.25. The number of rotatable bonds is 6. The third-order valence-electron chi connectivity index (χ3n) is 3.48. The molecule has 102 valence electrons. The summed E-state index contributed by atoms with van der Waals surface area (Å²) in [6.45, 7) is 4.45. The number of methoxy groups -OCH3 is 1. The number of aryl methyl sites for hydroxylation is 2. The van der Waals surface area contributed by atoms with E-state index in [4.69, 9.17) is 9.72 Å². The topological polar surface area (TPSA) is 22.1 Å². The van der Waals surface area contributed by atoms with Crippen LogP contribution in [0.4, 0.5) is 0 Å². The molecule has 0 radical (unpaired) electrons. The standard InChI is InChI=1S/C17H23NO/c1-4-6-8-16-13(7-5-2)11-14-12-15(19-3)9-10-17(14)18-16/h9-12H,4-8H2,1-3H3. The summed E-state index contributed by atoms with van der Waals surface area (Å²) in [5.74, 6) is 0.901. The van der Waals surface area contributed by atoms with Crippen LogP contribution in [-0.2, 0) is 12.8 Å². The maximum atomic E-state index is 5.29. The van der Waals surface area contributed by atoms with Crippen LogP contribution >= 0.6 is 0 Å². The van der Waals surface area contributed by atoms with Gasteiger partial charge in [0, 0.05) is 11.1 Å². The number of ether oxygens (including phenoxy) is 1. The monoisotopic (exact) mass is 257 g/mol. The number of fused-ring (bicyclic) bond motifs is 1. The summed E-state index contributed by atoms with van der Waals surface area (Å²) in [6.07, 6.45) is 5.79. The Morgan fingerprint density at radius 3 is 2.58 bits per heavy atom. The van der Waals surface area contributed by atoms with Gasteiger partial charge >= 0.3 is 0 Å². The Balaban J connectivity index is 2.45. The van der Waals surface area contributed by atoms with Crippen LogP contribution in [0.1, 0.15) is 44.4 Å². The van der Waals surface area contributed by atoms with Gasteiger partial charge in [-0.15, -0.1) is 0 Å². The summed E-state index contributed by atoms with van der Waals surface area (Å²) >= 11 is 0. The fourth-order valence-electron chi connectivity index (χ4n) is 2.41. The zero-order chi connectivity index (χ0) is 13.7. The lowest BCUT2D eigenvalue weighted by Crippen LogP contribution is -1.99. The van der Waals surface area contributed by atoms with Gasteiger partial charge in [-0.2, -0.15) is 0 Å². The molecule has 0 atom stereocenters. The molecule has 0 amide bonds. The van der Waals surface area contributed by atoms with Crippen LogP contribution in [0.5, 0.6) is 5.75 Å². The molecule has 0 aliphatic heterocycles. The summed E-state index contributed by atoms with van der Waals surface area (Å²) in [5.41, 5.74) is 3.75. The van der Waals surface area contributed by atoms with E-state index in [0.717, 1.165) is 30.5 Å². The fourth-order valence-corrected chi connectivity index (χ4v) is 2.41. The molecule has 1 aromatic heterocycles. The number of hydrogen-bond donors (Lipinski definition) is 0. The van der Waals surface area contributed by atoms with Crippen molar-refractivity contribution in [2.24, 2.45) is 0 Å². The smallest absolute Gasteiger partial charge is 0.119 e. The van der Waals surface area contributed by atoms with Gasteiger partial charge in [-0.3, -0.25) is 4.98 Å². The third-order valence-corrected chi connectivity index (χ3v) is 3.48. The van der Waals surface area contributed by atoms with Gasteiger partial charge in [0.25, 0.3) is 0 Å². The van der Waals surface area contributed by atoms with E-state index in [1.54, 1.807) is 7.11 Å². The number of hydrogen-bond acceptors (Lipinski definition) is 2. The predicted molar refractivity (Wildman–Crippen MR) is 80.9 cm³/mol. The van der Waals surface area contributed by atoms with Crippen LogP contribution in [0.3, 0.4) is 0 Å². The van der Waals surface area contributed by atoms with Crippen LogP contribution in [-0.4, -0.2) is 12.1 Å². The molecule has 19 heavy (non-hydrogen) atoms. The molecule has 2 aromatic rings.